The first kappa shape index (κ1) is 17.0. The van der Waals surface area contributed by atoms with E-state index in [1.807, 2.05) is 19.9 Å². The van der Waals surface area contributed by atoms with Crippen LogP contribution in [0.25, 0.3) is 10.8 Å². The van der Waals surface area contributed by atoms with E-state index >= 15 is 0 Å². The van der Waals surface area contributed by atoms with E-state index < -0.39 is 5.60 Å². The van der Waals surface area contributed by atoms with E-state index in [2.05, 4.69) is 15.3 Å². The molecule has 6 heteroatoms. The maximum absolute atomic E-state index is 12.1. The highest BCUT2D eigenvalue weighted by atomic mass is 16.3. The molecule has 0 saturated carbocycles. The molecule has 1 aromatic heterocycles. The number of nitrogens with zero attached hydrogens (tertiary/aromatic N) is 1. The average molecular weight is 339 g/mol. The molecule has 6 nitrogen and oxygen atoms in total. The van der Waals surface area contributed by atoms with Crippen LogP contribution in [0, 0.1) is 5.92 Å². The Kier molecular flexibility index (Phi) is 4.22. The van der Waals surface area contributed by atoms with Crippen LogP contribution in [0.5, 0.6) is 5.75 Å². The van der Waals surface area contributed by atoms with E-state index in [-0.39, 0.29) is 23.1 Å². The van der Waals surface area contributed by atoms with Gasteiger partial charge in [0.2, 0.25) is 0 Å². The molecule has 1 heterocycles. The van der Waals surface area contributed by atoms with Gasteiger partial charge in [0.05, 0.1) is 17.6 Å². The molecule has 3 rings (SSSR count). The fourth-order valence-electron chi connectivity index (χ4n) is 3.16. The second kappa shape index (κ2) is 6.22. The Labute approximate surface area is 145 Å². The number of aromatic amines is 1. The number of hydrogen-bond donors (Lipinski definition) is 4. The second-order valence-corrected chi connectivity index (χ2v) is 6.35. The van der Waals surface area contributed by atoms with Gasteiger partial charge in [0.15, 0.2) is 0 Å². The third kappa shape index (κ3) is 2.64. The van der Waals surface area contributed by atoms with Crippen LogP contribution >= 0.6 is 0 Å². The minimum Gasteiger partial charge on any atom is -0.507 e. The van der Waals surface area contributed by atoms with Gasteiger partial charge >= 0.3 is 0 Å². The van der Waals surface area contributed by atoms with E-state index in [1.54, 1.807) is 24.4 Å². The van der Waals surface area contributed by atoms with Crippen molar-refractivity contribution >= 4 is 16.7 Å². The number of hydrogen-bond acceptors (Lipinski definition) is 4. The molecule has 0 aliphatic heterocycles. The molecule has 0 aliphatic rings. The first-order valence-corrected chi connectivity index (χ1v) is 8.09. The quantitative estimate of drug-likeness (QED) is 0.587. The number of rotatable bonds is 4. The van der Waals surface area contributed by atoms with Gasteiger partial charge in [0.25, 0.3) is 5.91 Å². The van der Waals surface area contributed by atoms with Crippen molar-refractivity contribution in [2.75, 3.05) is 7.05 Å². The van der Waals surface area contributed by atoms with Crippen LogP contribution in [0.3, 0.4) is 0 Å². The third-order valence-electron chi connectivity index (χ3n) is 4.62. The molecular formula is C19H21N3O3. The van der Waals surface area contributed by atoms with Crippen LogP contribution < -0.4 is 5.32 Å². The predicted molar refractivity (Wildman–Crippen MR) is 95.4 cm³/mol. The fourth-order valence-corrected chi connectivity index (χ4v) is 3.16. The van der Waals surface area contributed by atoms with Gasteiger partial charge in [0, 0.05) is 13.2 Å². The molecule has 0 bridgehead atoms. The van der Waals surface area contributed by atoms with Crippen LogP contribution in [-0.4, -0.2) is 33.1 Å². The number of benzene rings is 2. The molecule has 0 spiro atoms. The maximum atomic E-state index is 12.1. The number of imidazole rings is 1. The molecule has 4 N–H and O–H groups in total. The molecule has 1 unspecified atom stereocenters. The molecular weight excluding hydrogens is 318 g/mol. The first-order chi connectivity index (χ1) is 11.9. The fraction of sp³-hybridized carbons (Fsp3) is 0.263. The third-order valence-corrected chi connectivity index (χ3v) is 4.62. The molecule has 0 radical (unpaired) electrons. The number of aromatic nitrogens is 2. The first-order valence-electron chi connectivity index (χ1n) is 8.09. The molecule has 1 atom stereocenters. The van der Waals surface area contributed by atoms with Crippen molar-refractivity contribution in [3.8, 4) is 5.75 Å². The average Bonchev–Trinajstić information content (AvgIpc) is 3.14. The summed E-state index contributed by atoms with van der Waals surface area (Å²) in [6, 6.07) is 8.55. The lowest BCUT2D eigenvalue weighted by atomic mass is 9.80. The molecule has 1 amide bonds. The number of carbonyl (C=O) groups is 1. The number of carbonyl (C=O) groups excluding carboxylic acids is 1. The zero-order chi connectivity index (χ0) is 18.2. The van der Waals surface area contributed by atoms with Gasteiger partial charge in [0.1, 0.15) is 11.4 Å². The molecule has 3 aromatic rings. The monoisotopic (exact) mass is 339 g/mol. The Bertz CT molecular complexity index is 919. The van der Waals surface area contributed by atoms with E-state index in [0.717, 1.165) is 5.39 Å². The van der Waals surface area contributed by atoms with E-state index in [0.29, 0.717) is 16.6 Å². The number of nitrogens with one attached hydrogen (secondary N) is 2. The summed E-state index contributed by atoms with van der Waals surface area (Å²) in [4.78, 5) is 19.2. The van der Waals surface area contributed by atoms with Gasteiger partial charge in [-0.2, -0.15) is 0 Å². The van der Waals surface area contributed by atoms with Crippen molar-refractivity contribution in [2.45, 2.75) is 19.4 Å². The Morgan fingerprint density at radius 1 is 1.28 bits per heavy atom. The molecule has 130 valence electrons. The van der Waals surface area contributed by atoms with Crippen molar-refractivity contribution in [1.82, 2.24) is 15.3 Å². The smallest absolute Gasteiger partial charge is 0.255 e. The topological polar surface area (TPSA) is 98.2 Å². The summed E-state index contributed by atoms with van der Waals surface area (Å²) in [5.74, 6) is -0.558. The Hall–Kier alpha value is -2.86. The minimum absolute atomic E-state index is 0.0778. The second-order valence-electron chi connectivity index (χ2n) is 6.35. The molecule has 25 heavy (non-hydrogen) atoms. The number of phenolic OH excluding ortho intramolecular Hbond substituents is 1. The molecule has 0 aliphatic carbocycles. The van der Waals surface area contributed by atoms with Gasteiger partial charge in [-0.3, -0.25) is 4.79 Å². The summed E-state index contributed by atoms with van der Waals surface area (Å²) in [5.41, 5.74) is 0.168. The van der Waals surface area contributed by atoms with Crippen LogP contribution in [0.2, 0.25) is 0 Å². The standard InChI is InChI=1S/C19H21N3O3/c1-11(2)19(25,16-9-21-10-22-16)13-5-6-14-12(8-13)4-7-15(23)17(14)18(24)20-3/h4-11,23,25H,1-3H3,(H,20,24)(H,21,22). The molecule has 2 aromatic carbocycles. The summed E-state index contributed by atoms with van der Waals surface area (Å²) < 4.78 is 0. The number of H-pyrrole nitrogens is 1. The highest BCUT2D eigenvalue weighted by Gasteiger charge is 2.37. The molecule has 0 saturated heterocycles. The van der Waals surface area contributed by atoms with Gasteiger partial charge < -0.3 is 20.5 Å². The van der Waals surface area contributed by atoms with Crippen LogP contribution in [0.4, 0.5) is 0 Å². The van der Waals surface area contributed by atoms with Gasteiger partial charge in [-0.05, 0) is 34.4 Å². The summed E-state index contributed by atoms with van der Waals surface area (Å²) in [7, 11) is 1.52. The van der Waals surface area contributed by atoms with E-state index in [9.17, 15) is 15.0 Å². The van der Waals surface area contributed by atoms with Crippen LogP contribution in [-0.2, 0) is 5.60 Å². The van der Waals surface area contributed by atoms with Crippen LogP contribution in [0.15, 0.2) is 42.9 Å². The Balaban J connectivity index is 2.23. The summed E-state index contributed by atoms with van der Waals surface area (Å²) in [6.07, 6.45) is 3.21. The van der Waals surface area contributed by atoms with Crippen molar-refractivity contribution in [2.24, 2.45) is 5.92 Å². The highest BCUT2D eigenvalue weighted by molar-refractivity contribution is 6.09. The van der Waals surface area contributed by atoms with Crippen molar-refractivity contribution in [3.63, 3.8) is 0 Å². The summed E-state index contributed by atoms with van der Waals surface area (Å²) in [5, 5.41) is 25.3. The normalized spacial score (nSPS) is 13.8. The Morgan fingerprint density at radius 2 is 2.04 bits per heavy atom. The minimum atomic E-state index is -1.26. The zero-order valence-corrected chi connectivity index (χ0v) is 14.4. The lowest BCUT2D eigenvalue weighted by Crippen LogP contribution is -2.33. The number of fused-ring (bicyclic) bond motifs is 1. The van der Waals surface area contributed by atoms with Crippen molar-refractivity contribution < 1.29 is 15.0 Å². The summed E-state index contributed by atoms with van der Waals surface area (Å²) >= 11 is 0. The van der Waals surface area contributed by atoms with Gasteiger partial charge in [-0.1, -0.05) is 32.0 Å². The Morgan fingerprint density at radius 3 is 2.64 bits per heavy atom. The van der Waals surface area contributed by atoms with Gasteiger partial charge in [-0.15, -0.1) is 0 Å². The number of aliphatic hydroxyl groups is 1. The SMILES string of the molecule is CNC(=O)c1c(O)ccc2cc(C(O)(c3c[nH]cn3)C(C)C)ccc12. The number of amides is 1. The lowest BCUT2D eigenvalue weighted by molar-refractivity contribution is 0.0281. The van der Waals surface area contributed by atoms with Gasteiger partial charge in [-0.25, -0.2) is 4.98 Å². The van der Waals surface area contributed by atoms with Crippen molar-refractivity contribution in [1.29, 1.82) is 0 Å². The zero-order valence-electron chi connectivity index (χ0n) is 14.4. The molecule has 0 fully saturated rings. The highest BCUT2D eigenvalue weighted by Crippen LogP contribution is 2.38. The van der Waals surface area contributed by atoms with E-state index in [1.165, 1.54) is 19.4 Å². The van der Waals surface area contributed by atoms with Crippen LogP contribution in [0.1, 0.15) is 35.5 Å². The lowest BCUT2D eigenvalue weighted by Gasteiger charge is -2.31. The maximum Gasteiger partial charge on any atom is 0.255 e. The number of phenols is 1. The van der Waals surface area contributed by atoms with Crippen molar-refractivity contribution in [3.05, 3.63) is 59.7 Å². The predicted octanol–water partition coefficient (Wildman–Crippen LogP) is 2.52. The van der Waals surface area contributed by atoms with E-state index in [4.69, 9.17) is 0 Å². The largest absolute Gasteiger partial charge is 0.507 e. The summed E-state index contributed by atoms with van der Waals surface area (Å²) in [6.45, 7) is 3.84. The number of aromatic hydroxyl groups is 1.